The van der Waals surface area contributed by atoms with Crippen LogP contribution in [0.4, 0.5) is 11.5 Å². The first-order chi connectivity index (χ1) is 7.61. The van der Waals surface area contributed by atoms with Crippen molar-refractivity contribution >= 4 is 11.5 Å². The van der Waals surface area contributed by atoms with Crippen molar-refractivity contribution in [3.63, 3.8) is 0 Å². The number of nitrogens with zero attached hydrogens (tertiary/aromatic N) is 1. The van der Waals surface area contributed by atoms with Crippen molar-refractivity contribution in [1.29, 1.82) is 0 Å². The monoisotopic (exact) mass is 222 g/mol. The molecule has 0 spiro atoms. The minimum atomic E-state index is -0.283. The van der Waals surface area contributed by atoms with E-state index in [1.807, 2.05) is 0 Å². The molecule has 0 aromatic carbocycles. The van der Waals surface area contributed by atoms with Gasteiger partial charge in [-0.2, -0.15) is 0 Å². The Morgan fingerprint density at radius 2 is 2.25 bits per heavy atom. The fourth-order valence-corrected chi connectivity index (χ4v) is 2.25. The van der Waals surface area contributed by atoms with Gasteiger partial charge in [0.2, 0.25) is 0 Å². The summed E-state index contributed by atoms with van der Waals surface area (Å²) in [6.07, 6.45) is 6.40. The lowest BCUT2D eigenvalue weighted by Crippen LogP contribution is -2.25. The van der Waals surface area contributed by atoms with Gasteiger partial charge in [0.1, 0.15) is 5.69 Å². The molecule has 0 amide bonds. The molecule has 1 heterocycles. The molecule has 1 aromatic rings. The highest BCUT2D eigenvalue weighted by atomic mass is 16.1. The number of aromatic amines is 1. The van der Waals surface area contributed by atoms with Crippen LogP contribution in [-0.4, -0.2) is 16.5 Å². The second kappa shape index (κ2) is 4.15. The van der Waals surface area contributed by atoms with Crippen LogP contribution in [0.25, 0.3) is 0 Å². The predicted molar refractivity (Wildman–Crippen MR) is 64.3 cm³/mol. The molecule has 5 heteroatoms. The quantitative estimate of drug-likeness (QED) is 0.720. The van der Waals surface area contributed by atoms with Crippen LogP contribution in [0.2, 0.25) is 0 Å². The van der Waals surface area contributed by atoms with Crippen LogP contribution in [0.1, 0.15) is 32.6 Å². The van der Waals surface area contributed by atoms with E-state index in [1.54, 1.807) is 0 Å². The zero-order valence-electron chi connectivity index (χ0n) is 9.55. The molecule has 4 N–H and O–H groups in total. The lowest BCUT2D eigenvalue weighted by molar-refractivity contribution is 0.361. The summed E-state index contributed by atoms with van der Waals surface area (Å²) in [4.78, 5) is 17.7. The summed E-state index contributed by atoms with van der Waals surface area (Å²) in [5.41, 5.74) is 5.85. The smallest absolute Gasteiger partial charge is 0.276 e. The summed E-state index contributed by atoms with van der Waals surface area (Å²) >= 11 is 0. The zero-order valence-corrected chi connectivity index (χ0v) is 9.55. The molecule has 0 saturated heterocycles. The van der Waals surface area contributed by atoms with Gasteiger partial charge in [-0.3, -0.25) is 4.79 Å². The van der Waals surface area contributed by atoms with E-state index in [-0.39, 0.29) is 11.2 Å². The van der Waals surface area contributed by atoms with Crippen LogP contribution in [0.3, 0.4) is 0 Å². The zero-order chi connectivity index (χ0) is 11.6. The molecule has 1 aliphatic rings. The number of nitrogens with one attached hydrogen (secondary N) is 2. The van der Waals surface area contributed by atoms with Gasteiger partial charge < -0.3 is 16.0 Å². The predicted octanol–water partition coefficient (Wildman–Crippen LogP) is 1.34. The standard InChI is InChI=1S/C11H18N4O/c1-11(4-2-3-5-11)6-13-9-8(12)10(16)15-7-14-9/h7H,2-6,12H2,1H3,(H2,13,14,15,16). The van der Waals surface area contributed by atoms with E-state index < -0.39 is 0 Å². The first-order valence-corrected chi connectivity index (χ1v) is 5.68. The number of hydrogen-bond donors (Lipinski definition) is 3. The summed E-state index contributed by atoms with van der Waals surface area (Å²) < 4.78 is 0. The number of nitrogen functional groups attached to an aromatic ring is 1. The van der Waals surface area contributed by atoms with Crippen molar-refractivity contribution in [1.82, 2.24) is 9.97 Å². The average molecular weight is 222 g/mol. The van der Waals surface area contributed by atoms with Gasteiger partial charge in [-0.25, -0.2) is 4.98 Å². The lowest BCUT2D eigenvalue weighted by Gasteiger charge is -2.24. The fraction of sp³-hybridized carbons (Fsp3) is 0.636. The summed E-state index contributed by atoms with van der Waals surface area (Å²) in [5, 5.41) is 3.18. The van der Waals surface area contributed by atoms with Crippen molar-refractivity contribution in [2.75, 3.05) is 17.6 Å². The number of aromatic nitrogens is 2. The van der Waals surface area contributed by atoms with Crippen LogP contribution in [-0.2, 0) is 0 Å². The van der Waals surface area contributed by atoms with Crippen molar-refractivity contribution in [2.24, 2.45) is 5.41 Å². The summed E-state index contributed by atoms with van der Waals surface area (Å²) in [6.45, 7) is 3.09. The minimum Gasteiger partial charge on any atom is -0.391 e. The first-order valence-electron chi connectivity index (χ1n) is 5.68. The highest BCUT2D eigenvalue weighted by Crippen LogP contribution is 2.37. The largest absolute Gasteiger partial charge is 0.391 e. The van der Waals surface area contributed by atoms with Crippen molar-refractivity contribution in [2.45, 2.75) is 32.6 Å². The third kappa shape index (κ3) is 2.18. The molecule has 16 heavy (non-hydrogen) atoms. The summed E-state index contributed by atoms with van der Waals surface area (Å²) in [5.74, 6) is 0.497. The summed E-state index contributed by atoms with van der Waals surface area (Å²) in [7, 11) is 0. The van der Waals surface area contributed by atoms with Gasteiger partial charge in [0, 0.05) is 6.54 Å². The molecule has 0 radical (unpaired) electrons. The molecule has 88 valence electrons. The second-order valence-electron chi connectivity index (χ2n) is 4.87. The van der Waals surface area contributed by atoms with E-state index in [1.165, 1.54) is 32.0 Å². The van der Waals surface area contributed by atoms with Crippen molar-refractivity contribution in [3.8, 4) is 0 Å². The summed E-state index contributed by atoms with van der Waals surface area (Å²) in [6, 6.07) is 0. The third-order valence-corrected chi connectivity index (χ3v) is 3.38. The van der Waals surface area contributed by atoms with Gasteiger partial charge in [0.25, 0.3) is 5.56 Å². The number of H-pyrrole nitrogens is 1. The molecule has 1 aromatic heterocycles. The van der Waals surface area contributed by atoms with Crippen LogP contribution < -0.4 is 16.6 Å². The Labute approximate surface area is 94.5 Å². The van der Waals surface area contributed by atoms with Crippen molar-refractivity contribution < 1.29 is 0 Å². The number of hydrogen-bond acceptors (Lipinski definition) is 4. The van der Waals surface area contributed by atoms with E-state index in [9.17, 15) is 4.79 Å². The van der Waals surface area contributed by atoms with Crippen LogP contribution in [0.5, 0.6) is 0 Å². The Morgan fingerprint density at radius 1 is 1.56 bits per heavy atom. The number of rotatable bonds is 3. The topological polar surface area (TPSA) is 83.8 Å². The second-order valence-corrected chi connectivity index (χ2v) is 4.87. The fourth-order valence-electron chi connectivity index (χ4n) is 2.25. The van der Waals surface area contributed by atoms with Gasteiger partial charge >= 0.3 is 0 Å². The van der Waals surface area contributed by atoms with Crippen LogP contribution >= 0.6 is 0 Å². The van der Waals surface area contributed by atoms with E-state index >= 15 is 0 Å². The van der Waals surface area contributed by atoms with Gasteiger partial charge in [-0.15, -0.1) is 0 Å². The Hall–Kier alpha value is -1.52. The van der Waals surface area contributed by atoms with Crippen LogP contribution in [0.15, 0.2) is 11.1 Å². The molecule has 5 nitrogen and oxygen atoms in total. The van der Waals surface area contributed by atoms with E-state index in [4.69, 9.17) is 5.73 Å². The Morgan fingerprint density at radius 3 is 2.94 bits per heavy atom. The van der Waals surface area contributed by atoms with E-state index in [2.05, 4.69) is 22.2 Å². The maximum absolute atomic E-state index is 11.3. The van der Waals surface area contributed by atoms with E-state index in [0.717, 1.165) is 6.54 Å². The van der Waals surface area contributed by atoms with Gasteiger partial charge in [-0.05, 0) is 18.3 Å². The first kappa shape index (κ1) is 11.0. The molecule has 1 aliphatic carbocycles. The Bertz CT molecular complexity index is 420. The van der Waals surface area contributed by atoms with E-state index in [0.29, 0.717) is 11.2 Å². The molecular formula is C11H18N4O. The SMILES string of the molecule is CC1(CNc2nc[nH]c(=O)c2N)CCCC1. The molecule has 1 saturated carbocycles. The molecule has 1 fully saturated rings. The third-order valence-electron chi connectivity index (χ3n) is 3.38. The average Bonchev–Trinajstić information content (AvgIpc) is 2.68. The molecule has 0 bridgehead atoms. The number of nitrogens with two attached hydrogens (primary N) is 1. The normalized spacial score (nSPS) is 18.6. The molecule has 0 unspecified atom stereocenters. The lowest BCUT2D eigenvalue weighted by atomic mass is 9.89. The number of anilines is 2. The van der Waals surface area contributed by atoms with Gasteiger partial charge in [0.15, 0.2) is 5.82 Å². The Kier molecular flexibility index (Phi) is 2.85. The molecule has 0 atom stereocenters. The molecule has 2 rings (SSSR count). The van der Waals surface area contributed by atoms with Gasteiger partial charge in [0.05, 0.1) is 6.33 Å². The maximum atomic E-state index is 11.3. The highest BCUT2D eigenvalue weighted by molar-refractivity contribution is 5.58. The Balaban J connectivity index is 2.04. The maximum Gasteiger partial charge on any atom is 0.276 e. The molecular weight excluding hydrogens is 204 g/mol. The van der Waals surface area contributed by atoms with Gasteiger partial charge in [-0.1, -0.05) is 19.8 Å². The molecule has 0 aliphatic heterocycles. The minimum absolute atomic E-state index is 0.170. The van der Waals surface area contributed by atoms with Crippen LogP contribution in [0, 0.1) is 5.41 Å². The highest BCUT2D eigenvalue weighted by Gasteiger charge is 2.28. The van der Waals surface area contributed by atoms with Crippen molar-refractivity contribution in [3.05, 3.63) is 16.7 Å².